The largest absolute Gasteiger partial charge is 0.573 e. The first-order valence-corrected chi connectivity index (χ1v) is 10.3. The lowest BCUT2D eigenvalue weighted by Gasteiger charge is -2.17. The summed E-state index contributed by atoms with van der Waals surface area (Å²) in [6.45, 7) is 3.75. The zero-order chi connectivity index (χ0) is 24.5. The van der Waals surface area contributed by atoms with E-state index in [-0.39, 0.29) is 23.1 Å². The Hall–Kier alpha value is -4.14. The number of alkyl halides is 3. The van der Waals surface area contributed by atoms with E-state index in [1.54, 1.807) is 48.5 Å². The molecule has 0 aliphatic rings. The van der Waals surface area contributed by atoms with Crippen LogP contribution in [-0.2, 0) is 0 Å². The molecule has 0 amide bonds. The first-order valence-electron chi connectivity index (χ1n) is 10.3. The molecule has 4 rings (SSSR count). The fourth-order valence-corrected chi connectivity index (χ4v) is 3.47. The van der Waals surface area contributed by atoms with Crippen LogP contribution in [0.2, 0.25) is 0 Å². The van der Waals surface area contributed by atoms with Crippen LogP contribution in [0.25, 0.3) is 22.0 Å². The van der Waals surface area contributed by atoms with Gasteiger partial charge in [0.2, 0.25) is 0 Å². The second kappa shape index (κ2) is 9.01. The van der Waals surface area contributed by atoms with Crippen LogP contribution in [0.15, 0.2) is 72.8 Å². The second-order valence-corrected chi connectivity index (χ2v) is 7.68. The fraction of sp³-hybridized carbons (Fsp3) is 0.160. The molecule has 34 heavy (non-hydrogen) atoms. The summed E-state index contributed by atoms with van der Waals surface area (Å²) in [5.74, 6) is -0.928. The number of halogens is 3. The zero-order valence-electron chi connectivity index (χ0n) is 18.2. The van der Waals surface area contributed by atoms with Crippen LogP contribution in [0.1, 0.15) is 24.3 Å². The quantitative estimate of drug-likeness (QED) is 0.332. The molecule has 1 heterocycles. The summed E-state index contributed by atoms with van der Waals surface area (Å²) in [5.41, 5.74) is 1.14. The molecule has 1 N–H and O–H groups in total. The summed E-state index contributed by atoms with van der Waals surface area (Å²) in [6, 6.07) is 18.7. The van der Waals surface area contributed by atoms with Gasteiger partial charge in [-0.05, 0) is 61.9 Å². The number of nitrogens with zero attached hydrogens (tertiary/aromatic N) is 1. The monoisotopic (exact) mass is 471 g/mol. The van der Waals surface area contributed by atoms with Crippen molar-refractivity contribution in [3.8, 4) is 28.4 Å². The van der Waals surface area contributed by atoms with Crippen LogP contribution >= 0.6 is 0 Å². The molecule has 0 aliphatic heterocycles. The topological polar surface area (TPSA) is 69.9 Å². The summed E-state index contributed by atoms with van der Waals surface area (Å²) < 4.78 is 49.3. The molecule has 176 valence electrons. The SMILES string of the molecule is CC(C)Oc1ccc(-c2cc(OC(F)(F)F)ccc2On2c(C(=O)O)cc3ccccc32)cc1. The van der Waals surface area contributed by atoms with E-state index in [9.17, 15) is 23.1 Å². The number of aromatic carboxylic acids is 1. The van der Waals surface area contributed by atoms with Crippen LogP contribution in [0.5, 0.6) is 17.2 Å². The van der Waals surface area contributed by atoms with Gasteiger partial charge in [-0.2, -0.15) is 4.73 Å². The number of carbonyl (C=O) groups is 1. The van der Waals surface area contributed by atoms with E-state index >= 15 is 0 Å². The van der Waals surface area contributed by atoms with Gasteiger partial charge in [0.1, 0.15) is 11.5 Å². The highest BCUT2D eigenvalue weighted by molar-refractivity contribution is 5.94. The van der Waals surface area contributed by atoms with Gasteiger partial charge in [-0.25, -0.2) is 4.79 Å². The maximum Gasteiger partial charge on any atom is 0.573 e. The summed E-state index contributed by atoms with van der Waals surface area (Å²) in [4.78, 5) is 17.8. The van der Waals surface area contributed by atoms with Crippen molar-refractivity contribution in [3.63, 3.8) is 0 Å². The molecular weight excluding hydrogens is 451 g/mol. The smallest absolute Gasteiger partial charge is 0.491 e. The van der Waals surface area contributed by atoms with E-state index < -0.39 is 18.1 Å². The third-order valence-corrected chi connectivity index (χ3v) is 4.80. The van der Waals surface area contributed by atoms with Crippen LogP contribution in [-0.4, -0.2) is 28.3 Å². The number of benzene rings is 3. The van der Waals surface area contributed by atoms with E-state index in [1.165, 1.54) is 18.2 Å². The van der Waals surface area contributed by atoms with Gasteiger partial charge < -0.3 is 19.4 Å². The van der Waals surface area contributed by atoms with Crippen molar-refractivity contribution in [2.45, 2.75) is 26.3 Å². The van der Waals surface area contributed by atoms with Crippen LogP contribution in [0.4, 0.5) is 13.2 Å². The number of rotatable bonds is 7. The van der Waals surface area contributed by atoms with Crippen LogP contribution < -0.4 is 14.3 Å². The summed E-state index contributed by atoms with van der Waals surface area (Å²) in [6.07, 6.45) is -4.92. The highest BCUT2D eigenvalue weighted by Gasteiger charge is 2.31. The Bertz CT molecular complexity index is 1330. The third kappa shape index (κ3) is 5.09. The Balaban J connectivity index is 1.81. The van der Waals surface area contributed by atoms with E-state index in [1.807, 2.05) is 13.8 Å². The van der Waals surface area contributed by atoms with Crippen molar-refractivity contribution in [1.29, 1.82) is 0 Å². The maximum atomic E-state index is 12.8. The molecule has 4 aromatic rings. The van der Waals surface area contributed by atoms with E-state index in [4.69, 9.17) is 9.57 Å². The molecule has 0 radical (unpaired) electrons. The minimum atomic E-state index is -4.87. The van der Waals surface area contributed by atoms with Gasteiger partial charge in [0, 0.05) is 10.9 Å². The molecule has 0 aliphatic carbocycles. The number of hydrogen-bond acceptors (Lipinski definition) is 4. The molecule has 0 fully saturated rings. The molecule has 0 atom stereocenters. The molecule has 6 nitrogen and oxygen atoms in total. The Morgan fingerprint density at radius 3 is 2.26 bits per heavy atom. The Labute approximate surface area is 192 Å². The van der Waals surface area contributed by atoms with Gasteiger partial charge >= 0.3 is 12.3 Å². The normalized spacial score (nSPS) is 11.6. The molecule has 9 heteroatoms. The molecule has 0 unspecified atom stereocenters. The second-order valence-electron chi connectivity index (χ2n) is 7.68. The first kappa shape index (κ1) is 23.0. The predicted octanol–water partition coefficient (Wildman–Crippen LogP) is 6.53. The van der Waals surface area contributed by atoms with Crippen molar-refractivity contribution in [3.05, 3.63) is 78.5 Å². The third-order valence-electron chi connectivity index (χ3n) is 4.80. The van der Waals surface area contributed by atoms with Crippen LogP contribution in [0, 0.1) is 0 Å². The highest BCUT2D eigenvalue weighted by Crippen LogP contribution is 2.37. The predicted molar refractivity (Wildman–Crippen MR) is 119 cm³/mol. The van der Waals surface area contributed by atoms with E-state index in [0.29, 0.717) is 22.2 Å². The van der Waals surface area contributed by atoms with Crippen molar-refractivity contribution in [2.24, 2.45) is 0 Å². The lowest BCUT2D eigenvalue weighted by atomic mass is 10.0. The zero-order valence-corrected chi connectivity index (χ0v) is 18.2. The lowest BCUT2D eigenvalue weighted by molar-refractivity contribution is -0.274. The van der Waals surface area contributed by atoms with Gasteiger partial charge in [-0.3, -0.25) is 0 Å². The average molecular weight is 471 g/mol. The molecule has 0 saturated carbocycles. The van der Waals surface area contributed by atoms with Gasteiger partial charge in [0.15, 0.2) is 11.4 Å². The molecule has 0 bridgehead atoms. The average Bonchev–Trinajstić information content (AvgIpc) is 3.13. The van der Waals surface area contributed by atoms with Crippen LogP contribution in [0.3, 0.4) is 0 Å². The molecule has 1 aromatic heterocycles. The summed E-state index contributed by atoms with van der Waals surface area (Å²) >= 11 is 0. The Kier molecular flexibility index (Phi) is 6.10. The summed E-state index contributed by atoms with van der Waals surface area (Å²) in [5, 5.41) is 10.3. The maximum absolute atomic E-state index is 12.8. The van der Waals surface area contributed by atoms with Crippen molar-refractivity contribution < 1.29 is 37.4 Å². The van der Waals surface area contributed by atoms with Crippen molar-refractivity contribution in [2.75, 3.05) is 0 Å². The molecule has 3 aromatic carbocycles. The number of aromatic nitrogens is 1. The lowest BCUT2D eigenvalue weighted by Crippen LogP contribution is -2.17. The number of para-hydroxylation sites is 1. The van der Waals surface area contributed by atoms with Gasteiger partial charge in [0.05, 0.1) is 11.6 Å². The molecule has 0 saturated heterocycles. The minimum absolute atomic E-state index is 0.0512. The molecular formula is C25H20F3NO5. The van der Waals surface area contributed by atoms with Gasteiger partial charge in [0.25, 0.3) is 0 Å². The number of ether oxygens (including phenoxy) is 2. The Morgan fingerprint density at radius 2 is 1.62 bits per heavy atom. The van der Waals surface area contributed by atoms with Crippen molar-refractivity contribution in [1.82, 2.24) is 4.73 Å². The number of hydrogen-bond donors (Lipinski definition) is 1. The highest BCUT2D eigenvalue weighted by atomic mass is 19.4. The number of carboxylic acid groups (broad SMARTS) is 1. The standard InChI is InChI=1S/C25H20F3NO5/c1-15(2)32-18-9-7-16(8-10-18)20-14-19(33-25(26,27)28)11-12-23(20)34-29-21-6-4-3-5-17(21)13-22(29)24(30)31/h3-15H,1-2H3,(H,30,31). The summed E-state index contributed by atoms with van der Waals surface area (Å²) in [7, 11) is 0. The number of fused-ring (bicyclic) bond motifs is 1. The van der Waals surface area contributed by atoms with Crippen molar-refractivity contribution >= 4 is 16.9 Å². The molecule has 0 spiro atoms. The van der Waals surface area contributed by atoms with Gasteiger partial charge in [-0.1, -0.05) is 30.3 Å². The first-order chi connectivity index (χ1) is 16.1. The Morgan fingerprint density at radius 1 is 0.941 bits per heavy atom. The fourth-order valence-electron chi connectivity index (χ4n) is 3.47. The van der Waals surface area contributed by atoms with Gasteiger partial charge in [-0.15, -0.1) is 13.2 Å². The van der Waals surface area contributed by atoms with E-state index in [0.717, 1.165) is 10.8 Å². The van der Waals surface area contributed by atoms with E-state index in [2.05, 4.69) is 4.74 Å². The number of carboxylic acids is 1. The minimum Gasteiger partial charge on any atom is -0.491 e.